The van der Waals surface area contributed by atoms with Gasteiger partial charge >= 0.3 is 0 Å². The molecule has 0 saturated heterocycles. The van der Waals surface area contributed by atoms with Crippen LogP contribution in [0, 0.1) is 5.92 Å². The monoisotopic (exact) mass is 236 g/mol. The summed E-state index contributed by atoms with van der Waals surface area (Å²) < 4.78 is 5.31. The number of carbonyl (C=O) groups is 1. The second-order valence-corrected chi connectivity index (χ2v) is 4.29. The van der Waals surface area contributed by atoms with Crippen molar-refractivity contribution in [2.45, 2.75) is 33.6 Å². The number of benzene rings is 1. The fraction of sp³-hybridized carbons (Fsp3) is 0.500. The van der Waals surface area contributed by atoms with Gasteiger partial charge in [-0.15, -0.1) is 0 Å². The van der Waals surface area contributed by atoms with Crippen LogP contribution in [0.25, 0.3) is 0 Å². The summed E-state index contributed by atoms with van der Waals surface area (Å²) >= 11 is 0. The molecule has 0 saturated carbocycles. The van der Waals surface area contributed by atoms with Crippen molar-refractivity contribution in [3.05, 3.63) is 23.8 Å². The van der Waals surface area contributed by atoms with Crippen LogP contribution in [0.3, 0.4) is 0 Å². The summed E-state index contributed by atoms with van der Waals surface area (Å²) in [5, 5.41) is 9.55. The summed E-state index contributed by atoms with van der Waals surface area (Å²) in [6.07, 6.45) is 1.65. The highest BCUT2D eigenvalue weighted by Crippen LogP contribution is 2.27. The van der Waals surface area contributed by atoms with Crippen molar-refractivity contribution >= 4 is 5.78 Å². The number of aromatic hydroxyl groups is 1. The maximum Gasteiger partial charge on any atom is 0.161 e. The molecule has 0 amide bonds. The van der Waals surface area contributed by atoms with Gasteiger partial charge in [-0.1, -0.05) is 13.0 Å². The number of ketones is 1. The molecule has 0 bridgehead atoms. The first-order valence-corrected chi connectivity index (χ1v) is 5.99. The Balaban J connectivity index is 2.65. The molecule has 0 heterocycles. The molecule has 1 N–H and O–H groups in total. The molecule has 0 spiro atoms. The molecule has 1 aromatic carbocycles. The molecule has 0 fully saturated rings. The Morgan fingerprint density at radius 1 is 1.47 bits per heavy atom. The molecule has 0 aliphatic rings. The Morgan fingerprint density at radius 3 is 2.76 bits per heavy atom. The Kier molecular flexibility index (Phi) is 5.01. The summed E-state index contributed by atoms with van der Waals surface area (Å²) in [4.78, 5) is 11.1. The minimum Gasteiger partial charge on any atom is -0.504 e. The van der Waals surface area contributed by atoms with Gasteiger partial charge in [0.1, 0.15) is 5.78 Å². The highest BCUT2D eigenvalue weighted by Gasteiger charge is 2.09. The van der Waals surface area contributed by atoms with E-state index in [0.29, 0.717) is 12.4 Å². The quantitative estimate of drug-likeness (QED) is 0.826. The molecule has 3 heteroatoms. The normalized spacial score (nSPS) is 12.2. The maximum atomic E-state index is 11.1. The second kappa shape index (κ2) is 6.28. The van der Waals surface area contributed by atoms with E-state index < -0.39 is 0 Å². The lowest BCUT2D eigenvalue weighted by atomic mass is 9.98. The number of phenolic OH excluding ortho intramolecular Hbond substituents is 1. The number of ether oxygens (including phenoxy) is 1. The van der Waals surface area contributed by atoms with Crippen LogP contribution in [0.4, 0.5) is 0 Å². The molecule has 0 unspecified atom stereocenters. The van der Waals surface area contributed by atoms with Gasteiger partial charge in [-0.3, -0.25) is 4.79 Å². The van der Waals surface area contributed by atoms with Gasteiger partial charge in [0, 0.05) is 5.92 Å². The molecule has 1 aromatic rings. The lowest BCUT2D eigenvalue weighted by Gasteiger charge is -2.10. The molecular formula is C14H20O3. The lowest BCUT2D eigenvalue weighted by molar-refractivity contribution is -0.120. The third-order valence-corrected chi connectivity index (χ3v) is 2.88. The predicted octanol–water partition coefficient (Wildman–Crippen LogP) is 2.95. The number of phenols is 1. The van der Waals surface area contributed by atoms with E-state index in [0.717, 1.165) is 18.4 Å². The van der Waals surface area contributed by atoms with E-state index in [2.05, 4.69) is 0 Å². The molecular weight excluding hydrogens is 216 g/mol. The standard InChI is InChI=1S/C14H20O3/c1-4-17-14-9-12(7-8-13(14)16)6-5-10(2)11(3)15/h7-10,16H,4-6H2,1-3H3/t10-/m0/s1. The van der Waals surface area contributed by atoms with E-state index in [1.165, 1.54) is 0 Å². The predicted molar refractivity (Wildman–Crippen MR) is 67.4 cm³/mol. The molecule has 0 aromatic heterocycles. The van der Waals surface area contributed by atoms with Gasteiger partial charge in [0.05, 0.1) is 6.61 Å². The first kappa shape index (κ1) is 13.6. The van der Waals surface area contributed by atoms with Crippen molar-refractivity contribution in [1.82, 2.24) is 0 Å². The first-order valence-electron chi connectivity index (χ1n) is 5.99. The van der Waals surface area contributed by atoms with Crippen LogP contribution in [0.2, 0.25) is 0 Å². The largest absolute Gasteiger partial charge is 0.504 e. The van der Waals surface area contributed by atoms with Gasteiger partial charge in [0.15, 0.2) is 11.5 Å². The number of rotatable bonds is 6. The average Bonchev–Trinajstić information content (AvgIpc) is 2.29. The third-order valence-electron chi connectivity index (χ3n) is 2.88. The van der Waals surface area contributed by atoms with E-state index in [-0.39, 0.29) is 17.5 Å². The minimum absolute atomic E-state index is 0.0827. The van der Waals surface area contributed by atoms with Crippen LogP contribution in [0.1, 0.15) is 32.8 Å². The van der Waals surface area contributed by atoms with Crippen molar-refractivity contribution < 1.29 is 14.6 Å². The van der Waals surface area contributed by atoms with Crippen LogP contribution in [-0.2, 0) is 11.2 Å². The lowest BCUT2D eigenvalue weighted by Crippen LogP contribution is -2.07. The number of carbonyl (C=O) groups excluding carboxylic acids is 1. The molecule has 0 radical (unpaired) electrons. The Labute approximate surface area is 102 Å². The Hall–Kier alpha value is -1.51. The molecule has 17 heavy (non-hydrogen) atoms. The fourth-order valence-corrected chi connectivity index (χ4v) is 1.57. The van der Waals surface area contributed by atoms with Gasteiger partial charge in [-0.05, 0) is 44.4 Å². The number of hydrogen-bond acceptors (Lipinski definition) is 3. The van der Waals surface area contributed by atoms with E-state index in [4.69, 9.17) is 4.74 Å². The number of aryl methyl sites for hydroxylation is 1. The SMILES string of the molecule is CCOc1cc(CC[C@H](C)C(C)=O)ccc1O. The zero-order valence-electron chi connectivity index (χ0n) is 10.7. The summed E-state index contributed by atoms with van der Waals surface area (Å²) in [6, 6.07) is 5.34. The number of hydrogen-bond donors (Lipinski definition) is 1. The smallest absolute Gasteiger partial charge is 0.161 e. The molecule has 0 aliphatic heterocycles. The van der Waals surface area contributed by atoms with Gasteiger partial charge in [-0.2, -0.15) is 0 Å². The van der Waals surface area contributed by atoms with Crippen molar-refractivity contribution in [3.63, 3.8) is 0 Å². The highest BCUT2D eigenvalue weighted by atomic mass is 16.5. The van der Waals surface area contributed by atoms with Crippen molar-refractivity contribution in [1.29, 1.82) is 0 Å². The van der Waals surface area contributed by atoms with Gasteiger partial charge < -0.3 is 9.84 Å². The summed E-state index contributed by atoms with van der Waals surface area (Å²) in [5.74, 6) is 0.976. The van der Waals surface area contributed by atoms with Gasteiger partial charge in [0.25, 0.3) is 0 Å². The van der Waals surface area contributed by atoms with Crippen LogP contribution >= 0.6 is 0 Å². The van der Waals surface area contributed by atoms with E-state index in [9.17, 15) is 9.90 Å². The summed E-state index contributed by atoms with van der Waals surface area (Å²) in [6.45, 7) is 5.96. The minimum atomic E-state index is 0.0827. The molecule has 0 aliphatic carbocycles. The zero-order valence-corrected chi connectivity index (χ0v) is 10.7. The van der Waals surface area contributed by atoms with E-state index >= 15 is 0 Å². The zero-order chi connectivity index (χ0) is 12.8. The van der Waals surface area contributed by atoms with E-state index in [1.807, 2.05) is 26.0 Å². The Morgan fingerprint density at radius 2 is 2.18 bits per heavy atom. The molecule has 94 valence electrons. The third kappa shape index (κ3) is 4.10. The first-order chi connectivity index (χ1) is 8.04. The molecule has 1 rings (SSSR count). The Bertz CT molecular complexity index is 385. The number of Topliss-reactive ketones (excluding diaryl/α,β-unsaturated/α-hetero) is 1. The van der Waals surface area contributed by atoms with Gasteiger partial charge in [0.2, 0.25) is 0 Å². The van der Waals surface area contributed by atoms with E-state index in [1.54, 1.807) is 13.0 Å². The van der Waals surface area contributed by atoms with Crippen molar-refractivity contribution in [2.75, 3.05) is 6.61 Å². The van der Waals surface area contributed by atoms with Crippen LogP contribution < -0.4 is 4.74 Å². The maximum absolute atomic E-state index is 11.1. The summed E-state index contributed by atoms with van der Waals surface area (Å²) in [5.41, 5.74) is 1.08. The highest BCUT2D eigenvalue weighted by molar-refractivity contribution is 5.77. The average molecular weight is 236 g/mol. The fourth-order valence-electron chi connectivity index (χ4n) is 1.57. The molecule has 3 nitrogen and oxygen atoms in total. The van der Waals surface area contributed by atoms with Crippen LogP contribution in [0.15, 0.2) is 18.2 Å². The summed E-state index contributed by atoms with van der Waals surface area (Å²) in [7, 11) is 0. The van der Waals surface area contributed by atoms with Crippen LogP contribution in [-0.4, -0.2) is 17.5 Å². The molecule has 1 atom stereocenters. The van der Waals surface area contributed by atoms with Crippen molar-refractivity contribution in [2.24, 2.45) is 5.92 Å². The van der Waals surface area contributed by atoms with Crippen LogP contribution in [0.5, 0.6) is 11.5 Å². The van der Waals surface area contributed by atoms with Crippen molar-refractivity contribution in [3.8, 4) is 11.5 Å². The second-order valence-electron chi connectivity index (χ2n) is 4.29. The topological polar surface area (TPSA) is 46.5 Å². The van der Waals surface area contributed by atoms with Gasteiger partial charge in [-0.25, -0.2) is 0 Å².